The van der Waals surface area contributed by atoms with Crippen LogP contribution < -0.4 is 64.6 Å². The molecule has 0 bridgehead atoms. The highest BCUT2D eigenvalue weighted by molar-refractivity contribution is 8.00. The Hall–Kier alpha value is -5.55. The molecular weight excluding hydrogens is 1110 g/mol. The van der Waals surface area contributed by atoms with E-state index in [2.05, 4.69) is 65.8 Å². The molecule has 25 nitrogen and oxygen atoms in total. The molecule has 0 spiro atoms. The summed E-state index contributed by atoms with van der Waals surface area (Å²) in [6.07, 6.45) is 0.301. The van der Waals surface area contributed by atoms with Gasteiger partial charge in [0.25, 0.3) is 0 Å². The molecule has 0 aliphatic carbocycles. The zero-order valence-electron chi connectivity index (χ0n) is 46.2. The molecule has 16 N–H and O–H groups in total. The van der Waals surface area contributed by atoms with Crippen molar-refractivity contribution in [3.8, 4) is 0 Å². The summed E-state index contributed by atoms with van der Waals surface area (Å²) in [6.45, 7) is 13.5. The molecule has 1 aromatic carbocycles. The average molecular weight is 1190 g/mol. The predicted octanol–water partition coefficient (Wildman–Crippen LogP) is -1.01. The minimum Gasteiger partial charge on any atom is -0.481 e. The molecule has 0 aromatic heterocycles. The first-order valence-corrected chi connectivity index (χ1v) is 29.0. The quantitative estimate of drug-likeness (QED) is 0.0124. The lowest BCUT2D eigenvalue weighted by atomic mass is 10.0. The van der Waals surface area contributed by atoms with Crippen molar-refractivity contribution in [1.82, 2.24) is 53.2 Å². The Morgan fingerprint density at radius 2 is 1.11 bits per heavy atom. The summed E-state index contributed by atoms with van der Waals surface area (Å²) in [5, 5.41) is 43.1. The number of amides is 9. The number of carbonyl (C=O) groups excluding carboxylic acids is 9. The summed E-state index contributed by atoms with van der Waals surface area (Å²) < 4.78 is 4.41. The van der Waals surface area contributed by atoms with Crippen LogP contribution in [0.1, 0.15) is 92.6 Å². The zero-order chi connectivity index (χ0) is 59.7. The molecule has 1 aromatic rings. The van der Waals surface area contributed by atoms with Crippen LogP contribution in [0, 0.1) is 5.41 Å². The maximum absolute atomic E-state index is 14.2. The number of nitrogens with two attached hydrogens (primary N) is 2. The number of thioether (sulfide) groups is 2. The largest absolute Gasteiger partial charge is 0.481 e. The monoisotopic (exact) mass is 1190 g/mol. The molecule has 0 saturated heterocycles. The van der Waals surface area contributed by atoms with E-state index in [0.29, 0.717) is 31.6 Å². The zero-order valence-corrected chi connectivity index (χ0v) is 49.5. The third-order valence-electron chi connectivity index (χ3n) is 10.9. The van der Waals surface area contributed by atoms with Crippen molar-refractivity contribution < 1.29 is 57.8 Å². The minimum atomic E-state index is -1.80. The number of carboxylic acids is 1. The highest BCUT2D eigenvalue weighted by Gasteiger charge is 2.35. The predicted molar refractivity (Wildman–Crippen MR) is 309 cm³/mol. The van der Waals surface area contributed by atoms with Crippen LogP contribution in [0.15, 0.2) is 30.3 Å². The van der Waals surface area contributed by atoms with Crippen LogP contribution in [-0.2, 0) is 59.1 Å². The van der Waals surface area contributed by atoms with Crippen LogP contribution in [-0.4, -0.2) is 185 Å². The van der Waals surface area contributed by atoms with Crippen molar-refractivity contribution in [3.63, 3.8) is 0 Å². The van der Waals surface area contributed by atoms with E-state index in [4.69, 9.17) is 33.2 Å². The molecule has 0 aliphatic rings. The van der Waals surface area contributed by atoms with Gasteiger partial charge in [0.1, 0.15) is 48.2 Å². The molecule has 7 atom stereocenters. The normalized spacial score (nSPS) is 14.0. The summed E-state index contributed by atoms with van der Waals surface area (Å²) in [4.78, 5) is 135. The van der Waals surface area contributed by atoms with Crippen molar-refractivity contribution in [2.24, 2.45) is 11.5 Å². The lowest BCUT2D eigenvalue weighted by Gasteiger charge is -2.28. The SMILES string of the molecule is CCOCCNC(=O)[C@H](CS)NC(=O)[C@H](Cc1ccccc1)NC(=O)[C@H](CSC(C)(C)C)NC(=O)[C@H](CC(=O)O)NC(=O)CNC(=O)[C@H](CCCNC(=N)N)NC(=O)[C@H](CSC(C)(C)C)NC(=O)[C@H](CCCCN)NC(=O)CCl. The van der Waals surface area contributed by atoms with Gasteiger partial charge in [0, 0.05) is 52.9 Å². The van der Waals surface area contributed by atoms with Crippen molar-refractivity contribution in [2.75, 3.05) is 62.5 Å². The van der Waals surface area contributed by atoms with Crippen LogP contribution in [0.25, 0.3) is 0 Å². The lowest BCUT2D eigenvalue weighted by Crippen LogP contribution is -2.60. The van der Waals surface area contributed by atoms with E-state index in [1.807, 2.05) is 41.5 Å². The number of thiol groups is 1. The number of ether oxygens (including phenoxy) is 1. The van der Waals surface area contributed by atoms with E-state index in [-0.39, 0.29) is 73.3 Å². The van der Waals surface area contributed by atoms with Gasteiger partial charge in [0.2, 0.25) is 53.2 Å². The second-order valence-electron chi connectivity index (χ2n) is 20.0. The second-order valence-corrected chi connectivity index (χ2v) is 24.3. The molecule has 446 valence electrons. The first-order chi connectivity index (χ1) is 37.1. The number of carbonyl (C=O) groups is 10. The van der Waals surface area contributed by atoms with Crippen LogP contribution in [0.4, 0.5) is 0 Å². The van der Waals surface area contributed by atoms with Gasteiger partial charge in [-0.05, 0) is 51.1 Å². The molecule has 0 unspecified atom stereocenters. The number of alkyl halides is 1. The highest BCUT2D eigenvalue weighted by atomic mass is 35.5. The van der Waals surface area contributed by atoms with E-state index >= 15 is 0 Å². The van der Waals surface area contributed by atoms with Gasteiger partial charge in [0.05, 0.1) is 19.6 Å². The van der Waals surface area contributed by atoms with Gasteiger partial charge < -0.3 is 74.5 Å². The fourth-order valence-corrected chi connectivity index (χ4v) is 9.01. The van der Waals surface area contributed by atoms with Crippen molar-refractivity contribution in [1.29, 1.82) is 5.41 Å². The Morgan fingerprint density at radius 3 is 1.63 bits per heavy atom. The number of aliphatic carboxylic acids is 1. The molecule has 79 heavy (non-hydrogen) atoms. The number of benzene rings is 1. The minimum absolute atomic E-state index is 0.0315. The third kappa shape index (κ3) is 32.3. The Labute approximate surface area is 482 Å². The van der Waals surface area contributed by atoms with Gasteiger partial charge in [-0.15, -0.1) is 11.6 Å². The number of rotatable bonds is 38. The van der Waals surface area contributed by atoms with E-state index in [1.54, 1.807) is 37.3 Å². The van der Waals surface area contributed by atoms with Gasteiger partial charge in [0.15, 0.2) is 5.96 Å². The van der Waals surface area contributed by atoms with Crippen LogP contribution >= 0.6 is 47.8 Å². The summed E-state index contributed by atoms with van der Waals surface area (Å²) in [7, 11) is 0. The Morgan fingerprint density at radius 1 is 0.633 bits per heavy atom. The molecule has 29 heteroatoms. The molecule has 0 radical (unpaired) electrons. The molecule has 0 aliphatic heterocycles. The maximum atomic E-state index is 14.2. The fraction of sp³-hybridized carbons (Fsp3) is 0.660. The molecule has 9 amide bonds. The number of unbranched alkanes of at least 4 members (excludes halogenated alkanes) is 1. The first-order valence-electron chi connectivity index (χ1n) is 25.9. The van der Waals surface area contributed by atoms with Crippen molar-refractivity contribution in [3.05, 3.63) is 35.9 Å². The van der Waals surface area contributed by atoms with Gasteiger partial charge in [-0.1, -0.05) is 71.9 Å². The van der Waals surface area contributed by atoms with E-state index in [9.17, 15) is 53.1 Å². The van der Waals surface area contributed by atoms with Gasteiger partial charge in [-0.2, -0.15) is 36.2 Å². The van der Waals surface area contributed by atoms with Crippen LogP contribution in [0.2, 0.25) is 0 Å². The van der Waals surface area contributed by atoms with E-state index in [1.165, 1.54) is 23.5 Å². The summed E-state index contributed by atoms with van der Waals surface area (Å²) in [5.74, 6) is -9.63. The topological polar surface area (TPSA) is 396 Å². The van der Waals surface area contributed by atoms with Gasteiger partial charge >= 0.3 is 5.97 Å². The number of carboxylic acid groups (broad SMARTS) is 1. The lowest BCUT2D eigenvalue weighted by molar-refractivity contribution is -0.141. The van der Waals surface area contributed by atoms with Crippen LogP contribution in [0.5, 0.6) is 0 Å². The number of halogens is 1. The summed E-state index contributed by atoms with van der Waals surface area (Å²) >= 11 is 12.6. The number of nitrogens with one attached hydrogen (secondary N) is 11. The Balaban J connectivity index is 3.45. The molecule has 0 heterocycles. The molecular formula is C50H84ClN13O12S3. The van der Waals surface area contributed by atoms with Crippen LogP contribution in [0.3, 0.4) is 0 Å². The molecule has 0 fully saturated rings. The van der Waals surface area contributed by atoms with Crippen molar-refractivity contribution in [2.45, 2.75) is 145 Å². The smallest absolute Gasteiger partial charge is 0.305 e. The Bertz CT molecular complexity index is 2160. The van der Waals surface area contributed by atoms with Gasteiger partial charge in [-0.25, -0.2) is 0 Å². The third-order valence-corrected chi connectivity index (χ3v) is 14.2. The van der Waals surface area contributed by atoms with Crippen molar-refractivity contribution >= 4 is 113 Å². The maximum Gasteiger partial charge on any atom is 0.305 e. The number of hydrogen-bond acceptors (Lipinski definition) is 16. The Kier molecular flexibility index (Phi) is 34.5. The standard InChI is InChI=1S/C50H84ClN13O12S3/c1-8-76-22-21-55-42(70)35(27-77)62-44(72)33(23-30-15-10-9-11-16-30)61-47(75)37(29-79-50(5,6)7)64-45(73)34(24-40(67)68)59-39(66)26-57-41(69)31(18-14-20-56-48(53)54)60-46(74)36(28-78-49(2,3)4)63-43(71)32(17-12-13-19-52)58-38(65)25-51/h9-11,15-16,31-37,77H,8,12-14,17-29,52H2,1-7H3,(H,55,70)(H,57,69)(H,58,65)(H,59,66)(H,60,74)(H,61,75)(H,62,72)(H,63,71)(H,64,73)(H,67,68)(H4,53,54,56)/t31-,32-,33-,34-,35-,36-,37-/m0/s1. The fourth-order valence-electron chi connectivity index (χ4n) is 6.87. The average Bonchev–Trinajstić information content (AvgIpc) is 3.37. The second kappa shape index (κ2) is 38.2. The number of hydrogen-bond donors (Lipinski definition) is 15. The summed E-state index contributed by atoms with van der Waals surface area (Å²) in [5.41, 5.74) is 11.7. The van der Waals surface area contributed by atoms with E-state index < -0.39 is 125 Å². The van der Waals surface area contributed by atoms with Gasteiger partial charge in [-0.3, -0.25) is 53.4 Å². The van der Waals surface area contributed by atoms with E-state index in [0.717, 1.165) is 0 Å². The first kappa shape index (κ1) is 71.5. The summed E-state index contributed by atoms with van der Waals surface area (Å²) in [6, 6.07) is -0.595. The number of guanidine groups is 1. The molecule has 0 saturated carbocycles. The highest BCUT2D eigenvalue weighted by Crippen LogP contribution is 2.25. The molecule has 1 rings (SSSR count).